The molecule has 1 atom stereocenters. The fourth-order valence-electron chi connectivity index (χ4n) is 2.11. The maximum absolute atomic E-state index is 11.7. The van der Waals surface area contributed by atoms with Crippen LogP contribution in [0.4, 0.5) is 4.79 Å². The van der Waals surface area contributed by atoms with Gasteiger partial charge in [0.25, 0.3) is 0 Å². The van der Waals surface area contributed by atoms with Gasteiger partial charge < -0.3 is 20.4 Å². The molecule has 0 radical (unpaired) electrons. The van der Waals surface area contributed by atoms with Crippen molar-refractivity contribution >= 4 is 12.0 Å². The molecule has 102 valence electrons. The van der Waals surface area contributed by atoms with Crippen LogP contribution in [0.1, 0.15) is 12.8 Å². The van der Waals surface area contributed by atoms with E-state index in [1.165, 1.54) is 12.8 Å². The summed E-state index contributed by atoms with van der Waals surface area (Å²) in [5, 5.41) is 20.0. The molecule has 1 heterocycles. The van der Waals surface area contributed by atoms with Crippen LogP contribution >= 0.6 is 0 Å². The van der Waals surface area contributed by atoms with Crippen LogP contribution in [0.3, 0.4) is 0 Å². The third-order valence-electron chi connectivity index (χ3n) is 3.40. The molecule has 2 rings (SSSR count). The molecule has 3 N–H and O–H groups in total. The fourth-order valence-corrected chi connectivity index (χ4v) is 2.11. The third-order valence-corrected chi connectivity index (χ3v) is 3.40. The Morgan fingerprint density at radius 3 is 2.33 bits per heavy atom. The normalized spacial score (nSPS) is 22.6. The third kappa shape index (κ3) is 3.33. The van der Waals surface area contributed by atoms with Gasteiger partial charge in [-0.05, 0) is 12.8 Å². The standard InChI is InChI=1S/C11H19N3O4/c15-9(10(16)17)7-12-11(18)14-5-3-13(4-6-14)8-1-2-8/h8-9,15H,1-7H2,(H,12,18)(H,16,17)/t9-/m0/s1. The molecule has 0 aromatic rings. The lowest BCUT2D eigenvalue weighted by Crippen LogP contribution is -2.53. The first kappa shape index (κ1) is 13.1. The number of aliphatic hydroxyl groups excluding tert-OH is 1. The van der Waals surface area contributed by atoms with Crippen LogP contribution < -0.4 is 5.32 Å². The van der Waals surface area contributed by atoms with Crippen molar-refractivity contribution in [3.63, 3.8) is 0 Å². The number of amides is 2. The Hall–Kier alpha value is -1.34. The summed E-state index contributed by atoms with van der Waals surface area (Å²) in [5.74, 6) is -1.33. The molecule has 7 nitrogen and oxygen atoms in total. The summed E-state index contributed by atoms with van der Waals surface area (Å²) in [5.41, 5.74) is 0. The molecule has 0 unspecified atom stereocenters. The number of urea groups is 1. The summed E-state index contributed by atoms with van der Waals surface area (Å²) in [6.07, 6.45) is 0.982. The first-order valence-electron chi connectivity index (χ1n) is 6.25. The highest BCUT2D eigenvalue weighted by atomic mass is 16.4. The summed E-state index contributed by atoms with van der Waals surface area (Å²) >= 11 is 0. The van der Waals surface area contributed by atoms with E-state index in [0.717, 1.165) is 13.1 Å². The van der Waals surface area contributed by atoms with Gasteiger partial charge >= 0.3 is 12.0 Å². The smallest absolute Gasteiger partial charge is 0.334 e. The Labute approximate surface area is 105 Å². The van der Waals surface area contributed by atoms with E-state index >= 15 is 0 Å². The van der Waals surface area contributed by atoms with E-state index in [0.29, 0.717) is 19.1 Å². The minimum atomic E-state index is -1.54. The summed E-state index contributed by atoms with van der Waals surface area (Å²) in [6, 6.07) is 0.412. The van der Waals surface area contributed by atoms with Crippen LogP contribution in [0.15, 0.2) is 0 Å². The predicted molar refractivity (Wildman–Crippen MR) is 63.2 cm³/mol. The highest BCUT2D eigenvalue weighted by Gasteiger charge is 2.32. The van der Waals surface area contributed by atoms with Crippen molar-refractivity contribution < 1.29 is 19.8 Å². The number of piperazine rings is 1. The maximum Gasteiger partial charge on any atom is 0.334 e. The molecule has 1 saturated carbocycles. The summed E-state index contributed by atoms with van der Waals surface area (Å²) in [4.78, 5) is 26.1. The summed E-state index contributed by atoms with van der Waals surface area (Å²) in [7, 11) is 0. The lowest BCUT2D eigenvalue weighted by atomic mass is 10.3. The van der Waals surface area contributed by atoms with E-state index < -0.39 is 12.1 Å². The van der Waals surface area contributed by atoms with Crippen molar-refractivity contribution in [2.24, 2.45) is 0 Å². The number of carboxylic acid groups (broad SMARTS) is 1. The van der Waals surface area contributed by atoms with Gasteiger partial charge in [0.15, 0.2) is 6.10 Å². The molecule has 1 saturated heterocycles. The lowest BCUT2D eigenvalue weighted by molar-refractivity contribution is -0.146. The average molecular weight is 257 g/mol. The Bertz CT molecular complexity index is 324. The number of rotatable bonds is 4. The van der Waals surface area contributed by atoms with Gasteiger partial charge in [0, 0.05) is 32.2 Å². The van der Waals surface area contributed by atoms with Crippen molar-refractivity contribution in [1.29, 1.82) is 0 Å². The number of nitrogens with zero attached hydrogens (tertiary/aromatic N) is 2. The van der Waals surface area contributed by atoms with E-state index in [2.05, 4.69) is 10.2 Å². The second-order valence-electron chi connectivity index (χ2n) is 4.79. The largest absolute Gasteiger partial charge is 0.479 e. The summed E-state index contributed by atoms with van der Waals surface area (Å²) < 4.78 is 0. The highest BCUT2D eigenvalue weighted by molar-refractivity contribution is 5.76. The quantitative estimate of drug-likeness (QED) is 0.596. The van der Waals surface area contributed by atoms with Gasteiger partial charge in [-0.3, -0.25) is 4.90 Å². The van der Waals surface area contributed by atoms with Gasteiger partial charge in [0.05, 0.1) is 6.54 Å². The number of aliphatic hydroxyl groups is 1. The molecular formula is C11H19N3O4. The zero-order valence-corrected chi connectivity index (χ0v) is 10.2. The van der Waals surface area contributed by atoms with Gasteiger partial charge in [0.1, 0.15) is 0 Å². The van der Waals surface area contributed by atoms with Gasteiger partial charge in [-0.25, -0.2) is 9.59 Å². The topological polar surface area (TPSA) is 93.1 Å². The van der Waals surface area contributed by atoms with Gasteiger partial charge in [-0.2, -0.15) is 0 Å². The molecule has 0 aromatic heterocycles. The van der Waals surface area contributed by atoms with Gasteiger partial charge in [0.2, 0.25) is 0 Å². The van der Waals surface area contributed by atoms with Crippen molar-refractivity contribution in [2.45, 2.75) is 25.0 Å². The molecule has 2 fully saturated rings. The molecule has 18 heavy (non-hydrogen) atoms. The number of carbonyl (C=O) groups is 2. The fraction of sp³-hybridized carbons (Fsp3) is 0.818. The zero-order valence-electron chi connectivity index (χ0n) is 10.2. The molecule has 2 aliphatic rings. The molecule has 7 heteroatoms. The number of aliphatic carboxylic acids is 1. The van der Waals surface area contributed by atoms with Crippen molar-refractivity contribution in [2.75, 3.05) is 32.7 Å². The number of carbonyl (C=O) groups excluding carboxylic acids is 1. The van der Waals surface area contributed by atoms with Crippen LogP contribution in [-0.4, -0.2) is 76.9 Å². The second kappa shape index (κ2) is 5.53. The van der Waals surface area contributed by atoms with Crippen LogP contribution in [0.25, 0.3) is 0 Å². The number of nitrogens with one attached hydrogen (secondary N) is 1. The molecule has 0 spiro atoms. The average Bonchev–Trinajstić information content (AvgIpc) is 3.19. The first-order chi connectivity index (χ1) is 8.58. The lowest BCUT2D eigenvalue weighted by Gasteiger charge is -2.34. The molecule has 0 aromatic carbocycles. The molecule has 1 aliphatic heterocycles. The van der Waals surface area contributed by atoms with Gasteiger partial charge in [-0.1, -0.05) is 0 Å². The number of hydrogen-bond acceptors (Lipinski definition) is 4. The van der Waals surface area contributed by atoms with Crippen LogP contribution in [0.2, 0.25) is 0 Å². The Balaban J connectivity index is 1.68. The minimum absolute atomic E-state index is 0.253. The number of hydrogen-bond donors (Lipinski definition) is 3. The van der Waals surface area contributed by atoms with Crippen LogP contribution in [-0.2, 0) is 4.79 Å². The Kier molecular flexibility index (Phi) is 4.03. The minimum Gasteiger partial charge on any atom is -0.479 e. The maximum atomic E-state index is 11.7. The zero-order chi connectivity index (χ0) is 13.1. The van der Waals surface area contributed by atoms with Crippen molar-refractivity contribution in [3.8, 4) is 0 Å². The number of carboxylic acids is 1. The van der Waals surface area contributed by atoms with E-state index in [1.54, 1.807) is 4.90 Å². The highest BCUT2D eigenvalue weighted by Crippen LogP contribution is 2.27. The Morgan fingerprint density at radius 2 is 1.83 bits per heavy atom. The van der Waals surface area contributed by atoms with Gasteiger partial charge in [-0.15, -0.1) is 0 Å². The van der Waals surface area contributed by atoms with E-state index in [-0.39, 0.29) is 12.6 Å². The molecule has 1 aliphatic carbocycles. The van der Waals surface area contributed by atoms with E-state index in [1.807, 2.05) is 0 Å². The van der Waals surface area contributed by atoms with Crippen LogP contribution in [0, 0.1) is 0 Å². The molecule has 2 amide bonds. The van der Waals surface area contributed by atoms with Crippen molar-refractivity contribution in [1.82, 2.24) is 15.1 Å². The Morgan fingerprint density at radius 1 is 1.22 bits per heavy atom. The summed E-state index contributed by atoms with van der Waals surface area (Å²) in [6.45, 7) is 2.81. The monoisotopic (exact) mass is 257 g/mol. The van der Waals surface area contributed by atoms with E-state index in [4.69, 9.17) is 10.2 Å². The first-order valence-corrected chi connectivity index (χ1v) is 6.25. The SMILES string of the molecule is O=C(O)[C@@H](O)CNC(=O)N1CCN(C2CC2)CC1. The molecular weight excluding hydrogens is 238 g/mol. The predicted octanol–water partition coefficient (Wildman–Crippen LogP) is -1.08. The molecule has 0 bridgehead atoms. The van der Waals surface area contributed by atoms with Crippen LogP contribution in [0.5, 0.6) is 0 Å². The van der Waals surface area contributed by atoms with Crippen molar-refractivity contribution in [3.05, 3.63) is 0 Å². The van der Waals surface area contributed by atoms with E-state index in [9.17, 15) is 9.59 Å². The second-order valence-corrected chi connectivity index (χ2v) is 4.79.